The molecular weight excluding hydrogens is 115 g/mol. The van der Waals surface area contributed by atoms with E-state index in [1.807, 2.05) is 0 Å². The fourth-order valence-electron chi connectivity index (χ4n) is 0.995. The van der Waals surface area contributed by atoms with Gasteiger partial charge in [0.05, 0.1) is 0 Å². The van der Waals surface area contributed by atoms with Crippen LogP contribution in [0.1, 0.15) is 19.8 Å². The maximum absolute atomic E-state index is 2.86. The summed E-state index contributed by atoms with van der Waals surface area (Å²) in [4.78, 5) is 0. The summed E-state index contributed by atoms with van der Waals surface area (Å²) in [5, 5.41) is 0. The van der Waals surface area contributed by atoms with Gasteiger partial charge in [0.1, 0.15) is 0 Å². The molecule has 1 aliphatic rings. The summed E-state index contributed by atoms with van der Waals surface area (Å²) in [6.07, 6.45) is 7.22. The van der Waals surface area contributed by atoms with Crippen molar-refractivity contribution in [1.82, 2.24) is 0 Å². The average molecular weight is 128 g/mol. The Hall–Kier alpha value is 0.170. The molecule has 0 aromatic heterocycles. The lowest BCUT2D eigenvalue weighted by Gasteiger charge is -2.18. The summed E-state index contributed by atoms with van der Waals surface area (Å²) in [7, 11) is 2.86. The largest absolute Gasteiger partial charge is 0.130 e. The standard InChI is InChI=1S/C7H13P/c1-6-4-2-3-5-7(6)8/h3,5-7H,2,4,8H2,1H3. The van der Waals surface area contributed by atoms with Crippen molar-refractivity contribution in [2.45, 2.75) is 25.4 Å². The normalized spacial score (nSPS) is 37.8. The Kier molecular flexibility index (Phi) is 2.08. The van der Waals surface area contributed by atoms with Gasteiger partial charge >= 0.3 is 0 Å². The van der Waals surface area contributed by atoms with Gasteiger partial charge in [-0.1, -0.05) is 19.1 Å². The summed E-state index contributed by atoms with van der Waals surface area (Å²) in [6.45, 7) is 2.31. The molecule has 0 N–H and O–H groups in total. The molecule has 1 rings (SSSR count). The second-order valence-electron chi connectivity index (χ2n) is 2.56. The minimum absolute atomic E-state index is 0.740. The van der Waals surface area contributed by atoms with E-state index < -0.39 is 0 Å². The van der Waals surface area contributed by atoms with Gasteiger partial charge in [-0.2, -0.15) is 0 Å². The van der Waals surface area contributed by atoms with E-state index in [4.69, 9.17) is 0 Å². The van der Waals surface area contributed by atoms with Gasteiger partial charge in [-0.05, 0) is 24.4 Å². The Morgan fingerprint density at radius 3 is 2.75 bits per heavy atom. The molecule has 3 atom stereocenters. The maximum Gasteiger partial charge on any atom is -0.00600 e. The van der Waals surface area contributed by atoms with Crippen LogP contribution in [-0.2, 0) is 0 Å². The molecule has 46 valence electrons. The predicted octanol–water partition coefficient (Wildman–Crippen LogP) is 2.22. The first-order valence-electron chi connectivity index (χ1n) is 3.23. The van der Waals surface area contributed by atoms with Crippen molar-refractivity contribution in [3.8, 4) is 0 Å². The van der Waals surface area contributed by atoms with Crippen molar-refractivity contribution in [3.05, 3.63) is 12.2 Å². The molecule has 8 heavy (non-hydrogen) atoms. The van der Waals surface area contributed by atoms with E-state index >= 15 is 0 Å². The van der Waals surface area contributed by atoms with Crippen molar-refractivity contribution in [2.75, 3.05) is 0 Å². The highest BCUT2D eigenvalue weighted by atomic mass is 31.0. The first-order chi connectivity index (χ1) is 3.80. The number of hydrogen-bond acceptors (Lipinski definition) is 0. The van der Waals surface area contributed by atoms with Gasteiger partial charge in [-0.15, -0.1) is 9.24 Å². The van der Waals surface area contributed by atoms with Crippen molar-refractivity contribution < 1.29 is 0 Å². The molecule has 0 aromatic rings. The van der Waals surface area contributed by atoms with E-state index in [1.54, 1.807) is 0 Å². The molecule has 0 nitrogen and oxygen atoms in total. The van der Waals surface area contributed by atoms with Crippen LogP contribution in [0.15, 0.2) is 12.2 Å². The minimum Gasteiger partial charge on any atom is -0.130 e. The van der Waals surface area contributed by atoms with Crippen LogP contribution >= 0.6 is 9.24 Å². The molecule has 0 bridgehead atoms. The zero-order valence-electron chi connectivity index (χ0n) is 5.30. The Balaban J connectivity index is 2.47. The lowest BCUT2D eigenvalue weighted by Crippen LogP contribution is -2.10. The van der Waals surface area contributed by atoms with Gasteiger partial charge < -0.3 is 0 Å². The van der Waals surface area contributed by atoms with Gasteiger partial charge in [0.25, 0.3) is 0 Å². The molecule has 1 aliphatic carbocycles. The molecule has 0 saturated carbocycles. The third kappa shape index (κ3) is 1.32. The summed E-state index contributed by atoms with van der Waals surface area (Å²) >= 11 is 0. The van der Waals surface area contributed by atoms with Crippen LogP contribution in [0.5, 0.6) is 0 Å². The van der Waals surface area contributed by atoms with Crippen LogP contribution in [-0.4, -0.2) is 5.66 Å². The zero-order chi connectivity index (χ0) is 5.98. The van der Waals surface area contributed by atoms with Crippen LogP contribution in [0.3, 0.4) is 0 Å². The van der Waals surface area contributed by atoms with Crippen LogP contribution in [0.25, 0.3) is 0 Å². The van der Waals surface area contributed by atoms with E-state index in [0.717, 1.165) is 11.6 Å². The lowest BCUT2D eigenvalue weighted by atomic mass is 9.96. The summed E-state index contributed by atoms with van der Waals surface area (Å²) < 4.78 is 0. The SMILES string of the molecule is CC1CCC=CC1P. The number of allylic oxidation sites excluding steroid dienone is 2. The molecule has 0 fully saturated rings. The van der Waals surface area contributed by atoms with E-state index in [0.29, 0.717) is 0 Å². The second kappa shape index (κ2) is 2.64. The Morgan fingerprint density at radius 1 is 1.62 bits per heavy atom. The van der Waals surface area contributed by atoms with Crippen molar-refractivity contribution in [2.24, 2.45) is 5.92 Å². The molecule has 0 radical (unpaired) electrons. The second-order valence-corrected chi connectivity index (χ2v) is 3.33. The summed E-state index contributed by atoms with van der Waals surface area (Å²) in [6, 6.07) is 0. The van der Waals surface area contributed by atoms with Gasteiger partial charge in [-0.25, -0.2) is 0 Å². The molecule has 1 heteroatoms. The summed E-state index contributed by atoms with van der Waals surface area (Å²) in [5.74, 6) is 0.880. The summed E-state index contributed by atoms with van der Waals surface area (Å²) in [5.41, 5.74) is 0.740. The third-order valence-corrected chi connectivity index (χ3v) is 2.68. The van der Waals surface area contributed by atoms with E-state index in [1.165, 1.54) is 12.8 Å². The van der Waals surface area contributed by atoms with Gasteiger partial charge in [-0.3, -0.25) is 0 Å². The number of rotatable bonds is 0. The Bertz CT molecular complexity index is 96.6. The fourth-order valence-corrected chi connectivity index (χ4v) is 1.34. The molecule has 0 aliphatic heterocycles. The van der Waals surface area contributed by atoms with Gasteiger partial charge in [0, 0.05) is 0 Å². The molecule has 3 unspecified atom stereocenters. The quantitative estimate of drug-likeness (QED) is 0.346. The lowest BCUT2D eigenvalue weighted by molar-refractivity contribution is 0.538. The highest BCUT2D eigenvalue weighted by Crippen LogP contribution is 2.23. The van der Waals surface area contributed by atoms with Crippen molar-refractivity contribution >= 4 is 9.24 Å². The van der Waals surface area contributed by atoms with E-state index in [2.05, 4.69) is 28.3 Å². The monoisotopic (exact) mass is 128 g/mol. The van der Waals surface area contributed by atoms with E-state index in [-0.39, 0.29) is 0 Å². The first-order valence-corrected chi connectivity index (χ1v) is 3.89. The van der Waals surface area contributed by atoms with Crippen LogP contribution in [0.2, 0.25) is 0 Å². The topological polar surface area (TPSA) is 0 Å². The number of hydrogen-bond donors (Lipinski definition) is 0. The maximum atomic E-state index is 2.86. The van der Waals surface area contributed by atoms with Crippen molar-refractivity contribution in [1.29, 1.82) is 0 Å². The molecular formula is C7H13P. The molecule has 0 aromatic carbocycles. The molecule has 0 heterocycles. The van der Waals surface area contributed by atoms with Crippen molar-refractivity contribution in [3.63, 3.8) is 0 Å². The van der Waals surface area contributed by atoms with Gasteiger partial charge in [0.15, 0.2) is 0 Å². The fraction of sp³-hybridized carbons (Fsp3) is 0.714. The predicted molar refractivity (Wildman–Crippen MR) is 41.0 cm³/mol. The minimum atomic E-state index is 0.740. The molecule has 0 amide bonds. The highest BCUT2D eigenvalue weighted by Gasteiger charge is 2.10. The smallest absolute Gasteiger partial charge is 0.00600 e. The van der Waals surface area contributed by atoms with Crippen LogP contribution in [0.4, 0.5) is 0 Å². The van der Waals surface area contributed by atoms with Crippen LogP contribution in [0, 0.1) is 5.92 Å². The van der Waals surface area contributed by atoms with Crippen LogP contribution < -0.4 is 0 Å². The third-order valence-electron chi connectivity index (χ3n) is 1.80. The Labute approximate surface area is 53.6 Å². The van der Waals surface area contributed by atoms with Gasteiger partial charge in [0.2, 0.25) is 0 Å². The molecule has 0 saturated heterocycles. The first kappa shape index (κ1) is 6.29. The van der Waals surface area contributed by atoms with E-state index in [9.17, 15) is 0 Å². The zero-order valence-corrected chi connectivity index (χ0v) is 6.46. The highest BCUT2D eigenvalue weighted by molar-refractivity contribution is 7.18. The Morgan fingerprint density at radius 2 is 2.38 bits per heavy atom. The molecule has 0 spiro atoms. The average Bonchev–Trinajstić information content (AvgIpc) is 1.77.